The first-order valence-electron chi connectivity index (χ1n) is 5.76. The quantitative estimate of drug-likeness (QED) is 0.563. The lowest BCUT2D eigenvalue weighted by molar-refractivity contribution is 0.373. The van der Waals surface area contributed by atoms with Crippen molar-refractivity contribution in [1.82, 2.24) is 5.32 Å². The zero-order valence-corrected chi connectivity index (χ0v) is 11.3. The minimum atomic E-state index is -0.115. The lowest BCUT2D eigenvalue weighted by Crippen LogP contribution is -2.44. The van der Waals surface area contributed by atoms with Crippen LogP contribution < -0.4 is 15.8 Å². The summed E-state index contributed by atoms with van der Waals surface area (Å²) in [6, 6.07) is 5.16. The van der Waals surface area contributed by atoms with Crippen LogP contribution in [0.1, 0.15) is 26.3 Å². The van der Waals surface area contributed by atoms with Crippen molar-refractivity contribution in [2.45, 2.75) is 32.9 Å². The molecular formula is C13H21N3O2. The molecule has 0 radical (unpaired) electrons. The Morgan fingerprint density at radius 1 is 1.44 bits per heavy atom. The summed E-state index contributed by atoms with van der Waals surface area (Å²) in [6.07, 6.45) is 0. The maximum absolute atomic E-state index is 9.62. The number of nitrogens with one attached hydrogen (secondary N) is 1. The van der Waals surface area contributed by atoms with Crippen LogP contribution in [-0.4, -0.2) is 23.7 Å². The van der Waals surface area contributed by atoms with Gasteiger partial charge in [-0.1, -0.05) is 6.07 Å². The number of phenols is 1. The number of phenolic OH excluding ortho intramolecular Hbond substituents is 1. The van der Waals surface area contributed by atoms with Gasteiger partial charge in [0.05, 0.1) is 13.7 Å². The third kappa shape index (κ3) is 4.53. The van der Waals surface area contributed by atoms with Gasteiger partial charge in [0.25, 0.3) is 0 Å². The van der Waals surface area contributed by atoms with E-state index in [1.54, 1.807) is 12.1 Å². The summed E-state index contributed by atoms with van der Waals surface area (Å²) >= 11 is 0. The summed E-state index contributed by atoms with van der Waals surface area (Å²) < 4.78 is 4.97. The zero-order valence-electron chi connectivity index (χ0n) is 11.3. The molecule has 0 aliphatic carbocycles. The third-order valence-electron chi connectivity index (χ3n) is 2.18. The molecule has 0 aliphatic rings. The van der Waals surface area contributed by atoms with E-state index in [0.29, 0.717) is 18.3 Å². The third-order valence-corrected chi connectivity index (χ3v) is 2.18. The van der Waals surface area contributed by atoms with Crippen molar-refractivity contribution in [2.24, 2.45) is 10.7 Å². The van der Waals surface area contributed by atoms with Gasteiger partial charge < -0.3 is 20.9 Å². The van der Waals surface area contributed by atoms with Crippen LogP contribution >= 0.6 is 0 Å². The second kappa shape index (κ2) is 5.62. The van der Waals surface area contributed by atoms with Crippen LogP contribution in [0, 0.1) is 0 Å². The van der Waals surface area contributed by atoms with Gasteiger partial charge in [-0.15, -0.1) is 0 Å². The fraction of sp³-hybridized carbons (Fsp3) is 0.462. The highest BCUT2D eigenvalue weighted by Gasteiger charge is 2.09. The summed E-state index contributed by atoms with van der Waals surface area (Å²) in [5, 5.41) is 12.7. The molecule has 18 heavy (non-hydrogen) atoms. The van der Waals surface area contributed by atoms with E-state index in [2.05, 4.69) is 10.3 Å². The highest BCUT2D eigenvalue weighted by molar-refractivity contribution is 5.78. The Morgan fingerprint density at radius 2 is 2.11 bits per heavy atom. The van der Waals surface area contributed by atoms with Crippen molar-refractivity contribution in [3.8, 4) is 11.5 Å². The molecule has 0 saturated carbocycles. The Labute approximate surface area is 108 Å². The van der Waals surface area contributed by atoms with E-state index in [9.17, 15) is 5.11 Å². The van der Waals surface area contributed by atoms with Crippen molar-refractivity contribution in [1.29, 1.82) is 0 Å². The first-order chi connectivity index (χ1) is 8.31. The van der Waals surface area contributed by atoms with E-state index in [1.165, 1.54) is 7.11 Å². The van der Waals surface area contributed by atoms with Crippen molar-refractivity contribution >= 4 is 5.96 Å². The molecule has 0 aromatic heterocycles. The van der Waals surface area contributed by atoms with E-state index >= 15 is 0 Å². The average molecular weight is 251 g/mol. The van der Waals surface area contributed by atoms with E-state index in [-0.39, 0.29) is 11.3 Å². The van der Waals surface area contributed by atoms with Crippen molar-refractivity contribution in [3.05, 3.63) is 23.8 Å². The Hall–Kier alpha value is -1.91. The maximum Gasteiger partial charge on any atom is 0.189 e. The Kier molecular flexibility index (Phi) is 4.42. The number of benzene rings is 1. The minimum absolute atomic E-state index is 0.104. The van der Waals surface area contributed by atoms with Crippen LogP contribution in [0.25, 0.3) is 0 Å². The van der Waals surface area contributed by atoms with E-state index in [0.717, 1.165) is 5.56 Å². The van der Waals surface area contributed by atoms with E-state index in [1.807, 2.05) is 26.8 Å². The minimum Gasteiger partial charge on any atom is -0.504 e. The molecule has 0 heterocycles. The number of aromatic hydroxyl groups is 1. The summed E-state index contributed by atoms with van der Waals surface area (Å²) in [5.74, 6) is 0.939. The summed E-state index contributed by atoms with van der Waals surface area (Å²) in [4.78, 5) is 4.21. The second-order valence-electron chi connectivity index (χ2n) is 5.08. The molecular weight excluding hydrogens is 230 g/mol. The zero-order chi connectivity index (χ0) is 13.8. The van der Waals surface area contributed by atoms with Crippen molar-refractivity contribution in [2.75, 3.05) is 7.11 Å². The summed E-state index contributed by atoms with van der Waals surface area (Å²) in [6.45, 7) is 6.43. The first kappa shape index (κ1) is 14.2. The maximum atomic E-state index is 9.62. The van der Waals surface area contributed by atoms with Gasteiger partial charge in [0.1, 0.15) is 0 Å². The van der Waals surface area contributed by atoms with Gasteiger partial charge in [0, 0.05) is 5.54 Å². The van der Waals surface area contributed by atoms with Gasteiger partial charge in [-0.05, 0) is 38.5 Å². The van der Waals surface area contributed by atoms with Crippen LogP contribution in [0.5, 0.6) is 11.5 Å². The van der Waals surface area contributed by atoms with Crippen LogP contribution in [0.15, 0.2) is 23.2 Å². The number of guanidine groups is 1. The van der Waals surface area contributed by atoms with E-state index in [4.69, 9.17) is 10.5 Å². The fourth-order valence-electron chi connectivity index (χ4n) is 1.43. The van der Waals surface area contributed by atoms with Gasteiger partial charge in [-0.2, -0.15) is 0 Å². The average Bonchev–Trinajstić information content (AvgIpc) is 2.24. The topological polar surface area (TPSA) is 79.9 Å². The van der Waals surface area contributed by atoms with E-state index < -0.39 is 0 Å². The predicted molar refractivity (Wildman–Crippen MR) is 72.9 cm³/mol. The molecule has 0 amide bonds. The molecule has 0 spiro atoms. The standard InChI is InChI=1S/C13H21N3O2/c1-13(2,3)16-12(14)15-8-9-5-6-11(18-4)10(17)7-9/h5-7,17H,8H2,1-4H3,(H3,14,15,16). The monoisotopic (exact) mass is 251 g/mol. The number of rotatable bonds is 3. The largest absolute Gasteiger partial charge is 0.504 e. The van der Waals surface area contributed by atoms with Crippen molar-refractivity contribution < 1.29 is 9.84 Å². The molecule has 4 N–H and O–H groups in total. The van der Waals surface area contributed by atoms with Gasteiger partial charge in [-0.3, -0.25) is 0 Å². The van der Waals surface area contributed by atoms with Crippen LogP contribution in [0.3, 0.4) is 0 Å². The lowest BCUT2D eigenvalue weighted by Gasteiger charge is -2.21. The normalized spacial score (nSPS) is 12.3. The van der Waals surface area contributed by atoms with Gasteiger partial charge in [-0.25, -0.2) is 4.99 Å². The number of hydrogen-bond acceptors (Lipinski definition) is 3. The summed E-state index contributed by atoms with van der Waals surface area (Å²) in [5.41, 5.74) is 6.51. The molecule has 0 bridgehead atoms. The molecule has 100 valence electrons. The number of methoxy groups -OCH3 is 1. The van der Waals surface area contributed by atoms with Gasteiger partial charge >= 0.3 is 0 Å². The molecule has 5 nitrogen and oxygen atoms in total. The SMILES string of the molecule is COc1ccc(CN=C(N)NC(C)(C)C)cc1O. The van der Waals surface area contributed by atoms with Crippen LogP contribution in [-0.2, 0) is 6.54 Å². The number of aliphatic imine (C=N–C) groups is 1. The predicted octanol–water partition coefficient (Wildman–Crippen LogP) is 1.60. The number of nitrogens with two attached hydrogens (primary N) is 1. The van der Waals surface area contributed by atoms with Crippen LogP contribution in [0.4, 0.5) is 0 Å². The molecule has 0 unspecified atom stereocenters. The number of ether oxygens (including phenoxy) is 1. The molecule has 0 atom stereocenters. The molecule has 1 aromatic rings. The van der Waals surface area contributed by atoms with Gasteiger partial charge in [0.15, 0.2) is 17.5 Å². The van der Waals surface area contributed by atoms with Crippen molar-refractivity contribution in [3.63, 3.8) is 0 Å². The second-order valence-corrected chi connectivity index (χ2v) is 5.08. The Morgan fingerprint density at radius 3 is 2.61 bits per heavy atom. The summed E-state index contributed by atoms with van der Waals surface area (Å²) in [7, 11) is 1.51. The Balaban J connectivity index is 2.68. The van der Waals surface area contributed by atoms with Gasteiger partial charge in [0.2, 0.25) is 0 Å². The highest BCUT2D eigenvalue weighted by atomic mass is 16.5. The first-order valence-corrected chi connectivity index (χ1v) is 5.76. The molecule has 0 saturated heterocycles. The fourth-order valence-corrected chi connectivity index (χ4v) is 1.43. The Bertz CT molecular complexity index is 436. The molecule has 0 aliphatic heterocycles. The highest BCUT2D eigenvalue weighted by Crippen LogP contribution is 2.26. The number of hydrogen-bond donors (Lipinski definition) is 3. The molecule has 1 rings (SSSR count). The number of nitrogens with zero attached hydrogens (tertiary/aromatic N) is 1. The molecule has 0 fully saturated rings. The molecule has 5 heteroatoms. The smallest absolute Gasteiger partial charge is 0.189 e. The lowest BCUT2D eigenvalue weighted by atomic mass is 10.1. The van der Waals surface area contributed by atoms with Crippen LogP contribution in [0.2, 0.25) is 0 Å². The molecule has 1 aromatic carbocycles.